The van der Waals surface area contributed by atoms with E-state index >= 15 is 0 Å². The Bertz CT molecular complexity index is 904. The third-order valence-corrected chi connectivity index (χ3v) is 4.22. The lowest BCUT2D eigenvalue weighted by atomic mass is 10.1. The molecule has 0 unspecified atom stereocenters. The molecular weight excluding hydrogens is 413 g/mol. The minimum atomic E-state index is -4.92. The van der Waals surface area contributed by atoms with Crippen LogP contribution in [0.1, 0.15) is 12.0 Å². The van der Waals surface area contributed by atoms with Crippen molar-refractivity contribution in [2.24, 2.45) is 0 Å². The number of alkyl halides is 5. The van der Waals surface area contributed by atoms with Crippen LogP contribution in [-0.4, -0.2) is 46.4 Å². The monoisotopic (exact) mass is 429 g/mol. The molecule has 3 rings (SSSR count). The second-order valence-electron chi connectivity index (χ2n) is 6.25. The van der Waals surface area contributed by atoms with Gasteiger partial charge in [-0.25, -0.2) is 5.01 Å². The molecule has 0 radical (unpaired) electrons. The van der Waals surface area contributed by atoms with E-state index in [0.29, 0.717) is 5.56 Å². The predicted molar refractivity (Wildman–Crippen MR) is 96.2 cm³/mol. The highest BCUT2D eigenvalue weighted by molar-refractivity contribution is 5.97. The number of rotatable bonds is 6. The molecule has 1 aromatic carbocycles. The van der Waals surface area contributed by atoms with Crippen molar-refractivity contribution < 1.29 is 36.6 Å². The van der Waals surface area contributed by atoms with Crippen LogP contribution < -0.4 is 9.75 Å². The van der Waals surface area contributed by atoms with Crippen molar-refractivity contribution in [1.82, 2.24) is 9.99 Å². The van der Waals surface area contributed by atoms with Crippen LogP contribution in [-0.2, 0) is 4.79 Å². The number of aromatic nitrogens is 1. The molecule has 1 atom stereocenters. The van der Waals surface area contributed by atoms with E-state index in [0.717, 1.165) is 10.0 Å². The first-order chi connectivity index (χ1) is 14.2. The van der Waals surface area contributed by atoms with Crippen molar-refractivity contribution in [1.29, 1.82) is 0 Å². The first kappa shape index (κ1) is 21.5. The van der Waals surface area contributed by atoms with Crippen molar-refractivity contribution in [2.45, 2.75) is 25.3 Å². The summed E-state index contributed by atoms with van der Waals surface area (Å²) in [5.74, 6) is -0.661. The molecule has 1 N–H and O–H groups in total. The number of carbonyl (C=O) groups excluding carboxylic acids is 1. The molecule has 1 aliphatic rings. The number of hydrazine groups is 1. The molecule has 1 amide bonds. The van der Waals surface area contributed by atoms with E-state index in [1.54, 1.807) is 0 Å². The Labute approximate surface area is 167 Å². The summed E-state index contributed by atoms with van der Waals surface area (Å²) < 4.78 is 68.1. The van der Waals surface area contributed by atoms with E-state index in [2.05, 4.69) is 9.72 Å². The Balaban J connectivity index is 2.00. The third-order valence-electron chi connectivity index (χ3n) is 4.22. The lowest BCUT2D eigenvalue weighted by molar-refractivity contribution is -0.206. The fourth-order valence-electron chi connectivity index (χ4n) is 2.90. The van der Waals surface area contributed by atoms with Gasteiger partial charge in [-0.1, -0.05) is 0 Å². The van der Waals surface area contributed by atoms with Crippen LogP contribution in [0.4, 0.5) is 27.6 Å². The highest BCUT2D eigenvalue weighted by atomic mass is 19.4. The van der Waals surface area contributed by atoms with Crippen molar-refractivity contribution in [2.75, 3.05) is 11.6 Å². The Morgan fingerprint density at radius 1 is 1.17 bits per heavy atom. The maximum atomic E-state index is 13.0. The van der Waals surface area contributed by atoms with Gasteiger partial charge in [0, 0.05) is 12.6 Å². The molecule has 2 aromatic rings. The number of carbonyl (C=O) groups is 1. The second-order valence-corrected chi connectivity index (χ2v) is 6.25. The number of benzene rings is 1. The van der Waals surface area contributed by atoms with E-state index in [9.17, 15) is 31.9 Å². The van der Waals surface area contributed by atoms with Crippen LogP contribution in [0.3, 0.4) is 0 Å². The van der Waals surface area contributed by atoms with Gasteiger partial charge in [-0.2, -0.15) is 22.0 Å². The summed E-state index contributed by atoms with van der Waals surface area (Å²) in [7, 11) is 0. The number of halogens is 5. The number of nitrogens with zero attached hydrogens (tertiary/aromatic N) is 3. The first-order valence-electron chi connectivity index (χ1n) is 8.67. The predicted octanol–water partition coefficient (Wildman–Crippen LogP) is 3.60. The molecule has 1 aromatic heterocycles. The Morgan fingerprint density at radius 2 is 1.87 bits per heavy atom. The largest absolute Gasteiger partial charge is 0.435 e. The third kappa shape index (κ3) is 4.85. The van der Waals surface area contributed by atoms with Crippen LogP contribution in [0.5, 0.6) is 5.75 Å². The number of ether oxygens (including phenoxy) is 1. The summed E-state index contributed by atoms with van der Waals surface area (Å²) in [4.78, 5) is 16.4. The minimum absolute atomic E-state index is 0.127. The SMILES string of the molecule is O=C1CC=C(c2ccc(OC(F)F)cc2)N(C[C@H](O)C(F)(F)F)N1c1cccnc1. The number of hydrogen-bond donors (Lipinski definition) is 1. The molecule has 6 nitrogen and oxygen atoms in total. The average Bonchev–Trinajstić information content (AvgIpc) is 2.68. The van der Waals surface area contributed by atoms with Crippen LogP contribution in [0, 0.1) is 0 Å². The van der Waals surface area contributed by atoms with Crippen LogP contribution in [0.15, 0.2) is 54.9 Å². The molecule has 0 saturated heterocycles. The standard InChI is InChI=1S/C19H16F5N3O3/c20-18(21)30-14-5-3-12(4-6-14)15-7-8-17(29)27(13-2-1-9-25-10-13)26(15)11-16(28)19(22,23)24/h1-7,9-10,16,18,28H,8,11H2/t16-/m0/s1. The van der Waals surface area contributed by atoms with Crippen LogP contribution in [0.2, 0.25) is 0 Å². The molecule has 0 bridgehead atoms. The van der Waals surface area contributed by atoms with Gasteiger partial charge in [0.15, 0.2) is 6.10 Å². The molecule has 11 heteroatoms. The highest BCUT2D eigenvalue weighted by Gasteiger charge is 2.42. The van der Waals surface area contributed by atoms with Gasteiger partial charge in [0.1, 0.15) is 5.75 Å². The fraction of sp³-hybridized carbons (Fsp3) is 0.263. The highest BCUT2D eigenvalue weighted by Crippen LogP contribution is 2.33. The summed E-state index contributed by atoms with van der Waals surface area (Å²) in [6, 6.07) is 8.19. The van der Waals surface area contributed by atoms with E-state index in [1.807, 2.05) is 0 Å². The molecule has 160 valence electrons. The molecule has 0 fully saturated rings. The lowest BCUT2D eigenvalue weighted by Gasteiger charge is -2.41. The lowest BCUT2D eigenvalue weighted by Crippen LogP contribution is -2.53. The van der Waals surface area contributed by atoms with E-state index in [-0.39, 0.29) is 23.6 Å². The second kappa shape index (κ2) is 8.66. The number of hydrogen-bond acceptors (Lipinski definition) is 5. The van der Waals surface area contributed by atoms with E-state index < -0.39 is 31.3 Å². The Morgan fingerprint density at radius 3 is 2.43 bits per heavy atom. The molecule has 0 aliphatic carbocycles. The summed E-state index contributed by atoms with van der Waals surface area (Å²) in [5, 5.41) is 11.6. The van der Waals surface area contributed by atoms with Crippen molar-refractivity contribution in [3.05, 3.63) is 60.4 Å². The summed E-state index contributed by atoms with van der Waals surface area (Å²) >= 11 is 0. The van der Waals surface area contributed by atoms with Gasteiger partial charge in [-0.15, -0.1) is 0 Å². The van der Waals surface area contributed by atoms with Gasteiger partial charge in [0.05, 0.1) is 24.1 Å². The topological polar surface area (TPSA) is 65.9 Å². The summed E-state index contributed by atoms with van der Waals surface area (Å²) in [5.41, 5.74) is 0.734. The quantitative estimate of drug-likeness (QED) is 0.711. The van der Waals surface area contributed by atoms with Gasteiger partial charge < -0.3 is 9.84 Å². The number of aliphatic hydroxyl groups excluding tert-OH is 1. The van der Waals surface area contributed by atoms with Crippen molar-refractivity contribution >= 4 is 17.3 Å². The number of pyridine rings is 1. The molecule has 0 saturated carbocycles. The zero-order chi connectivity index (χ0) is 21.9. The Hall–Kier alpha value is -3.21. The number of aliphatic hydroxyl groups is 1. The maximum Gasteiger partial charge on any atom is 0.416 e. The first-order valence-corrected chi connectivity index (χ1v) is 8.67. The Kier molecular flexibility index (Phi) is 6.20. The molecule has 30 heavy (non-hydrogen) atoms. The molecule has 2 heterocycles. The molecule has 1 aliphatic heterocycles. The zero-order valence-electron chi connectivity index (χ0n) is 15.3. The average molecular weight is 429 g/mol. The minimum Gasteiger partial charge on any atom is -0.435 e. The fourth-order valence-corrected chi connectivity index (χ4v) is 2.90. The van der Waals surface area contributed by atoms with Gasteiger partial charge in [-0.05, 0) is 48.0 Å². The van der Waals surface area contributed by atoms with Crippen LogP contribution in [0.25, 0.3) is 5.70 Å². The molecule has 0 spiro atoms. The number of β-amino-alcohol motifs (C(OH)–C–C–N with tert-alkyl or cyclic N) is 1. The van der Waals surface area contributed by atoms with Gasteiger partial charge in [0.2, 0.25) is 5.91 Å². The van der Waals surface area contributed by atoms with E-state index in [4.69, 9.17) is 0 Å². The normalized spacial score (nSPS) is 16.0. The van der Waals surface area contributed by atoms with Crippen LogP contribution >= 0.6 is 0 Å². The van der Waals surface area contributed by atoms with Crippen molar-refractivity contribution in [3.8, 4) is 5.75 Å². The van der Waals surface area contributed by atoms with Gasteiger partial charge >= 0.3 is 12.8 Å². The van der Waals surface area contributed by atoms with Gasteiger partial charge in [-0.3, -0.25) is 14.8 Å². The summed E-state index contributed by atoms with van der Waals surface area (Å²) in [6.07, 6.45) is -3.65. The number of amides is 1. The molecular formula is C19H16F5N3O3. The summed E-state index contributed by atoms with van der Waals surface area (Å²) in [6.45, 7) is -3.99. The zero-order valence-corrected chi connectivity index (χ0v) is 15.3. The van der Waals surface area contributed by atoms with Crippen molar-refractivity contribution in [3.63, 3.8) is 0 Å². The van der Waals surface area contributed by atoms with Gasteiger partial charge in [0.25, 0.3) is 0 Å². The number of anilines is 1. The maximum absolute atomic E-state index is 13.0. The van der Waals surface area contributed by atoms with E-state index in [1.165, 1.54) is 54.9 Å². The smallest absolute Gasteiger partial charge is 0.416 e.